The summed E-state index contributed by atoms with van der Waals surface area (Å²) in [4.78, 5) is 12.8. The summed E-state index contributed by atoms with van der Waals surface area (Å²) >= 11 is 0. The Labute approximate surface area is 135 Å². The van der Waals surface area contributed by atoms with Crippen molar-refractivity contribution in [2.24, 2.45) is 0 Å². The number of methoxy groups -OCH3 is 1. The second-order valence-corrected chi connectivity index (χ2v) is 5.22. The zero-order valence-corrected chi connectivity index (χ0v) is 12.5. The van der Waals surface area contributed by atoms with Gasteiger partial charge in [0.15, 0.2) is 11.5 Å². The summed E-state index contributed by atoms with van der Waals surface area (Å²) in [7, 11) is 1.47. The molecule has 0 unspecified atom stereocenters. The van der Waals surface area contributed by atoms with E-state index in [1.807, 2.05) is 0 Å². The minimum Gasteiger partial charge on any atom is -0.508 e. The van der Waals surface area contributed by atoms with Gasteiger partial charge in [-0.25, -0.2) is 0 Å². The van der Waals surface area contributed by atoms with Crippen LogP contribution in [0.1, 0.15) is 0 Å². The predicted molar refractivity (Wildman–Crippen MR) is 83.9 cm³/mol. The van der Waals surface area contributed by atoms with E-state index in [0.29, 0.717) is 22.8 Å². The minimum absolute atomic E-state index is 0.0231. The number of phenols is 2. The van der Waals surface area contributed by atoms with Crippen molar-refractivity contribution in [1.29, 1.82) is 0 Å². The molecule has 1 aliphatic heterocycles. The number of ether oxygens (including phenoxy) is 3. The molecule has 0 aliphatic carbocycles. The van der Waals surface area contributed by atoms with Crippen molar-refractivity contribution in [3.63, 3.8) is 0 Å². The molecule has 0 bridgehead atoms. The maximum Gasteiger partial charge on any atom is 0.231 e. The first kappa shape index (κ1) is 14.3. The van der Waals surface area contributed by atoms with Crippen molar-refractivity contribution in [2.75, 3.05) is 13.9 Å². The summed E-state index contributed by atoms with van der Waals surface area (Å²) in [6.45, 7) is 0.0916. The maximum absolute atomic E-state index is 12.8. The van der Waals surface area contributed by atoms with Crippen molar-refractivity contribution in [2.45, 2.75) is 0 Å². The molecule has 2 aromatic carbocycles. The highest BCUT2D eigenvalue weighted by molar-refractivity contribution is 5.89. The largest absolute Gasteiger partial charge is 0.508 e. The van der Waals surface area contributed by atoms with E-state index in [0.717, 1.165) is 6.07 Å². The molecular weight excluding hydrogens is 316 g/mol. The Balaban J connectivity index is 2.01. The lowest BCUT2D eigenvalue weighted by Gasteiger charge is -2.10. The third kappa shape index (κ3) is 2.02. The van der Waals surface area contributed by atoms with Crippen LogP contribution in [-0.4, -0.2) is 24.1 Å². The molecule has 4 rings (SSSR count). The smallest absolute Gasteiger partial charge is 0.231 e. The van der Waals surface area contributed by atoms with Crippen molar-refractivity contribution in [1.82, 2.24) is 0 Å². The van der Waals surface area contributed by atoms with Crippen molar-refractivity contribution in [3.05, 3.63) is 40.8 Å². The molecule has 122 valence electrons. The normalized spacial score (nSPS) is 12.5. The molecule has 24 heavy (non-hydrogen) atoms. The van der Waals surface area contributed by atoms with Crippen LogP contribution in [0.4, 0.5) is 0 Å². The monoisotopic (exact) mass is 328 g/mol. The van der Waals surface area contributed by atoms with Gasteiger partial charge < -0.3 is 28.8 Å². The van der Waals surface area contributed by atoms with Gasteiger partial charge in [-0.3, -0.25) is 4.79 Å². The third-order valence-corrected chi connectivity index (χ3v) is 3.83. The van der Waals surface area contributed by atoms with Crippen LogP contribution in [0.25, 0.3) is 22.1 Å². The highest BCUT2D eigenvalue weighted by Crippen LogP contribution is 2.42. The van der Waals surface area contributed by atoms with Gasteiger partial charge in [-0.1, -0.05) is 0 Å². The van der Waals surface area contributed by atoms with E-state index in [-0.39, 0.29) is 34.8 Å². The molecule has 1 aliphatic rings. The molecule has 0 saturated carbocycles. The van der Waals surface area contributed by atoms with Gasteiger partial charge in [-0.05, 0) is 6.07 Å². The van der Waals surface area contributed by atoms with Crippen LogP contribution in [0.3, 0.4) is 0 Å². The summed E-state index contributed by atoms with van der Waals surface area (Å²) in [5, 5.41) is 19.5. The predicted octanol–water partition coefficient (Wildman–Crippen LogP) is 2.61. The van der Waals surface area contributed by atoms with E-state index >= 15 is 0 Å². The lowest BCUT2D eigenvalue weighted by Crippen LogP contribution is -2.06. The average Bonchev–Trinajstić information content (AvgIpc) is 3.00. The number of hydrogen-bond acceptors (Lipinski definition) is 7. The molecule has 7 heteroatoms. The second-order valence-electron chi connectivity index (χ2n) is 5.22. The first-order valence-electron chi connectivity index (χ1n) is 7.04. The molecule has 1 aromatic heterocycles. The van der Waals surface area contributed by atoms with Gasteiger partial charge in [0.2, 0.25) is 12.2 Å². The molecule has 0 spiro atoms. The summed E-state index contributed by atoms with van der Waals surface area (Å²) in [6.07, 6.45) is 1.25. The first-order valence-corrected chi connectivity index (χ1v) is 7.04. The van der Waals surface area contributed by atoms with Gasteiger partial charge in [-0.2, -0.15) is 0 Å². The fourth-order valence-electron chi connectivity index (χ4n) is 2.71. The van der Waals surface area contributed by atoms with Crippen LogP contribution in [0, 0.1) is 0 Å². The van der Waals surface area contributed by atoms with Gasteiger partial charge in [0.25, 0.3) is 0 Å². The fourth-order valence-corrected chi connectivity index (χ4v) is 2.71. The molecule has 2 N–H and O–H groups in total. The van der Waals surface area contributed by atoms with Crippen molar-refractivity contribution in [3.8, 4) is 39.9 Å². The first-order chi connectivity index (χ1) is 11.6. The molecular formula is C17H12O7. The Hall–Kier alpha value is -3.35. The summed E-state index contributed by atoms with van der Waals surface area (Å²) < 4.78 is 21.4. The molecule has 3 aromatic rings. The lowest BCUT2D eigenvalue weighted by atomic mass is 10.0. The highest BCUT2D eigenvalue weighted by Gasteiger charge is 2.22. The Kier molecular flexibility index (Phi) is 3.02. The molecule has 2 heterocycles. The SMILES string of the molecule is COc1cc2c(cc1-c1coc3cc(O)cc(O)c3c1=O)OCO2. The average molecular weight is 328 g/mol. The van der Waals surface area contributed by atoms with Crippen LogP contribution in [0.5, 0.6) is 28.7 Å². The standard InChI is InChI=1S/C17H12O7/c1-21-12-5-14-13(23-7-24-14)4-9(12)10-6-22-15-3-8(18)2-11(19)16(15)17(10)20/h2-6,18-19H,7H2,1H3. The van der Waals surface area contributed by atoms with E-state index in [2.05, 4.69) is 0 Å². The molecule has 7 nitrogen and oxygen atoms in total. The Morgan fingerprint density at radius 2 is 1.79 bits per heavy atom. The van der Waals surface area contributed by atoms with Gasteiger partial charge >= 0.3 is 0 Å². The number of aromatic hydroxyl groups is 2. The van der Waals surface area contributed by atoms with Crippen LogP contribution in [0.15, 0.2) is 39.7 Å². The third-order valence-electron chi connectivity index (χ3n) is 3.83. The zero-order valence-electron chi connectivity index (χ0n) is 12.5. The number of fused-ring (bicyclic) bond motifs is 2. The quantitative estimate of drug-likeness (QED) is 0.746. The zero-order chi connectivity index (χ0) is 16.8. The van der Waals surface area contributed by atoms with Crippen LogP contribution in [-0.2, 0) is 0 Å². The van der Waals surface area contributed by atoms with Crippen LogP contribution < -0.4 is 19.6 Å². The lowest BCUT2D eigenvalue weighted by molar-refractivity contribution is 0.174. The van der Waals surface area contributed by atoms with Gasteiger partial charge in [-0.15, -0.1) is 0 Å². The van der Waals surface area contributed by atoms with Crippen LogP contribution >= 0.6 is 0 Å². The molecule has 0 fully saturated rings. The Morgan fingerprint density at radius 1 is 1.04 bits per heavy atom. The van der Waals surface area contributed by atoms with E-state index in [4.69, 9.17) is 18.6 Å². The van der Waals surface area contributed by atoms with Crippen LogP contribution in [0.2, 0.25) is 0 Å². The minimum atomic E-state index is -0.453. The van der Waals surface area contributed by atoms with E-state index in [1.54, 1.807) is 12.1 Å². The summed E-state index contributed by atoms with van der Waals surface area (Å²) in [5.41, 5.74) is 0.274. The highest BCUT2D eigenvalue weighted by atomic mass is 16.7. The maximum atomic E-state index is 12.8. The molecule has 0 radical (unpaired) electrons. The topological polar surface area (TPSA) is 98.4 Å². The van der Waals surface area contributed by atoms with Gasteiger partial charge in [0.05, 0.1) is 12.7 Å². The molecule has 0 atom stereocenters. The van der Waals surface area contributed by atoms with Gasteiger partial charge in [0, 0.05) is 23.8 Å². The fraction of sp³-hybridized carbons (Fsp3) is 0.118. The summed E-state index contributed by atoms with van der Waals surface area (Å²) in [6, 6.07) is 5.59. The van der Waals surface area contributed by atoms with Crippen molar-refractivity contribution >= 4 is 11.0 Å². The Bertz CT molecular complexity index is 1020. The molecule has 0 saturated heterocycles. The Morgan fingerprint density at radius 3 is 2.54 bits per heavy atom. The van der Waals surface area contributed by atoms with E-state index < -0.39 is 5.43 Å². The number of rotatable bonds is 2. The molecule has 0 amide bonds. The van der Waals surface area contributed by atoms with Crippen molar-refractivity contribution < 1.29 is 28.8 Å². The van der Waals surface area contributed by atoms with Gasteiger partial charge in [0.1, 0.15) is 34.5 Å². The number of phenolic OH excluding ortho intramolecular Hbond substituents is 2. The van der Waals surface area contributed by atoms with E-state index in [1.165, 1.54) is 19.4 Å². The second kappa shape index (κ2) is 5.09. The number of benzene rings is 2. The number of hydrogen-bond donors (Lipinski definition) is 2. The summed E-state index contributed by atoms with van der Waals surface area (Å²) in [5.74, 6) is 0.856. The van der Waals surface area contributed by atoms with E-state index in [9.17, 15) is 15.0 Å².